The van der Waals surface area contributed by atoms with Gasteiger partial charge in [-0.2, -0.15) is 0 Å². The second-order valence-electron chi connectivity index (χ2n) is 7.54. The minimum absolute atomic E-state index is 0.701. The molecule has 0 heterocycles. The molecule has 1 aromatic carbocycles. The third-order valence-corrected chi connectivity index (χ3v) is 6.04. The summed E-state index contributed by atoms with van der Waals surface area (Å²) in [5, 5.41) is 4.06. The fourth-order valence-electron chi connectivity index (χ4n) is 4.43. The van der Waals surface area contributed by atoms with Gasteiger partial charge in [0.15, 0.2) is 0 Å². The third kappa shape index (κ3) is 3.69. The maximum absolute atomic E-state index is 4.06. The maximum atomic E-state index is 4.06. The Labute approximate surface area is 130 Å². The van der Waals surface area contributed by atoms with Crippen molar-refractivity contribution in [2.45, 2.75) is 76.8 Å². The lowest BCUT2D eigenvalue weighted by atomic mass is 9.76. The van der Waals surface area contributed by atoms with Crippen molar-refractivity contribution in [3.8, 4) is 0 Å². The molecule has 2 aliphatic carbocycles. The van der Waals surface area contributed by atoms with Gasteiger partial charge in [-0.05, 0) is 55.4 Å². The SMILES string of the molecule is CC1CCC(NC2CCCCC2c2ccccc2)CC1C. The van der Waals surface area contributed by atoms with Gasteiger partial charge in [-0.25, -0.2) is 0 Å². The maximum Gasteiger partial charge on any atom is 0.0138 e. The molecule has 5 unspecified atom stereocenters. The Morgan fingerprint density at radius 1 is 0.857 bits per heavy atom. The van der Waals surface area contributed by atoms with Crippen LogP contribution in [0.2, 0.25) is 0 Å². The van der Waals surface area contributed by atoms with E-state index in [2.05, 4.69) is 49.5 Å². The van der Waals surface area contributed by atoms with Crippen molar-refractivity contribution in [1.82, 2.24) is 5.32 Å². The van der Waals surface area contributed by atoms with Crippen molar-refractivity contribution in [3.63, 3.8) is 0 Å². The van der Waals surface area contributed by atoms with E-state index in [1.807, 2.05) is 0 Å². The molecular weight excluding hydrogens is 254 g/mol. The average Bonchev–Trinajstić information content (AvgIpc) is 2.52. The summed E-state index contributed by atoms with van der Waals surface area (Å²) in [6, 6.07) is 12.7. The molecule has 0 saturated heterocycles. The van der Waals surface area contributed by atoms with Crippen LogP contribution in [0, 0.1) is 11.8 Å². The Bertz CT molecular complexity index is 427. The molecule has 3 rings (SSSR count). The van der Waals surface area contributed by atoms with Crippen molar-refractivity contribution in [3.05, 3.63) is 35.9 Å². The van der Waals surface area contributed by atoms with E-state index < -0.39 is 0 Å². The zero-order valence-corrected chi connectivity index (χ0v) is 13.7. The average molecular weight is 285 g/mol. The van der Waals surface area contributed by atoms with E-state index in [9.17, 15) is 0 Å². The summed E-state index contributed by atoms with van der Waals surface area (Å²) < 4.78 is 0. The first kappa shape index (κ1) is 15.1. The molecule has 2 saturated carbocycles. The molecule has 0 amide bonds. The quantitative estimate of drug-likeness (QED) is 0.812. The molecule has 0 bridgehead atoms. The Morgan fingerprint density at radius 3 is 2.38 bits per heavy atom. The van der Waals surface area contributed by atoms with Gasteiger partial charge in [0.2, 0.25) is 0 Å². The fraction of sp³-hybridized carbons (Fsp3) is 0.700. The van der Waals surface area contributed by atoms with Gasteiger partial charge in [0.05, 0.1) is 0 Å². The molecule has 1 nitrogen and oxygen atoms in total. The van der Waals surface area contributed by atoms with E-state index in [1.54, 1.807) is 5.56 Å². The molecule has 2 aliphatic rings. The molecular formula is C20H31N. The van der Waals surface area contributed by atoms with Gasteiger partial charge in [0.1, 0.15) is 0 Å². The normalized spacial score (nSPS) is 37.3. The van der Waals surface area contributed by atoms with Crippen LogP contribution in [0.3, 0.4) is 0 Å². The van der Waals surface area contributed by atoms with E-state index in [1.165, 1.54) is 44.9 Å². The van der Waals surface area contributed by atoms with E-state index >= 15 is 0 Å². The molecule has 5 atom stereocenters. The third-order valence-electron chi connectivity index (χ3n) is 6.04. The molecule has 116 valence electrons. The van der Waals surface area contributed by atoms with Crippen LogP contribution in [0.4, 0.5) is 0 Å². The van der Waals surface area contributed by atoms with E-state index in [-0.39, 0.29) is 0 Å². The monoisotopic (exact) mass is 285 g/mol. The van der Waals surface area contributed by atoms with Gasteiger partial charge in [0.25, 0.3) is 0 Å². The number of hydrogen-bond donors (Lipinski definition) is 1. The number of hydrogen-bond acceptors (Lipinski definition) is 1. The van der Waals surface area contributed by atoms with E-state index in [4.69, 9.17) is 0 Å². The Balaban J connectivity index is 1.65. The van der Waals surface area contributed by atoms with Crippen LogP contribution in [-0.4, -0.2) is 12.1 Å². The minimum Gasteiger partial charge on any atom is -0.311 e. The Morgan fingerprint density at radius 2 is 1.62 bits per heavy atom. The lowest BCUT2D eigenvalue weighted by molar-refractivity contribution is 0.195. The van der Waals surface area contributed by atoms with Gasteiger partial charge in [-0.15, -0.1) is 0 Å². The molecule has 0 radical (unpaired) electrons. The largest absolute Gasteiger partial charge is 0.311 e. The van der Waals surface area contributed by atoms with Gasteiger partial charge in [0, 0.05) is 12.1 Å². The lowest BCUT2D eigenvalue weighted by Gasteiger charge is -2.39. The standard InChI is InChI=1S/C20H31N/c1-15-12-13-18(14-16(15)2)21-20-11-7-6-10-19(20)17-8-4-3-5-9-17/h3-5,8-9,15-16,18-21H,6-7,10-14H2,1-2H3. The predicted octanol–water partition coefficient (Wildman–Crippen LogP) is 5.13. The predicted molar refractivity (Wildman–Crippen MR) is 90.5 cm³/mol. The number of benzene rings is 1. The Hall–Kier alpha value is -0.820. The smallest absolute Gasteiger partial charge is 0.0138 e. The number of rotatable bonds is 3. The van der Waals surface area contributed by atoms with Crippen molar-refractivity contribution in [2.75, 3.05) is 0 Å². The second-order valence-corrected chi connectivity index (χ2v) is 7.54. The van der Waals surface area contributed by atoms with E-state index in [0.717, 1.165) is 23.8 Å². The summed E-state index contributed by atoms with van der Waals surface area (Å²) in [6.45, 7) is 4.86. The van der Waals surface area contributed by atoms with Gasteiger partial charge in [-0.1, -0.05) is 57.0 Å². The molecule has 1 aromatic rings. The first-order valence-electron chi connectivity index (χ1n) is 9.05. The summed E-state index contributed by atoms with van der Waals surface area (Å²) in [7, 11) is 0. The van der Waals surface area contributed by atoms with Crippen LogP contribution in [0.15, 0.2) is 30.3 Å². The summed E-state index contributed by atoms with van der Waals surface area (Å²) in [4.78, 5) is 0. The van der Waals surface area contributed by atoms with Crippen molar-refractivity contribution in [1.29, 1.82) is 0 Å². The second kappa shape index (κ2) is 6.96. The van der Waals surface area contributed by atoms with Crippen molar-refractivity contribution in [2.24, 2.45) is 11.8 Å². The highest BCUT2D eigenvalue weighted by Gasteiger charge is 2.31. The van der Waals surface area contributed by atoms with Gasteiger partial charge in [-0.3, -0.25) is 0 Å². The van der Waals surface area contributed by atoms with E-state index in [0.29, 0.717) is 6.04 Å². The molecule has 0 aliphatic heterocycles. The zero-order chi connectivity index (χ0) is 14.7. The molecule has 21 heavy (non-hydrogen) atoms. The summed E-state index contributed by atoms with van der Waals surface area (Å²) in [5.41, 5.74) is 1.55. The van der Waals surface area contributed by atoms with Crippen molar-refractivity contribution < 1.29 is 0 Å². The van der Waals surface area contributed by atoms with Gasteiger partial charge < -0.3 is 5.32 Å². The van der Waals surface area contributed by atoms with Crippen LogP contribution in [-0.2, 0) is 0 Å². The lowest BCUT2D eigenvalue weighted by Crippen LogP contribution is -2.46. The Kier molecular flexibility index (Phi) is 5.00. The first-order chi connectivity index (χ1) is 10.2. The molecule has 1 heteroatoms. The highest BCUT2D eigenvalue weighted by Crippen LogP contribution is 2.35. The highest BCUT2D eigenvalue weighted by molar-refractivity contribution is 5.22. The van der Waals surface area contributed by atoms with Crippen molar-refractivity contribution >= 4 is 0 Å². The van der Waals surface area contributed by atoms with Crippen LogP contribution in [0.25, 0.3) is 0 Å². The highest BCUT2D eigenvalue weighted by atomic mass is 15.0. The molecule has 1 N–H and O–H groups in total. The summed E-state index contributed by atoms with van der Waals surface area (Å²) in [6.07, 6.45) is 9.68. The topological polar surface area (TPSA) is 12.0 Å². The summed E-state index contributed by atoms with van der Waals surface area (Å²) in [5.74, 6) is 2.53. The van der Waals surface area contributed by atoms with Gasteiger partial charge >= 0.3 is 0 Å². The molecule has 0 aromatic heterocycles. The van der Waals surface area contributed by atoms with Crippen LogP contribution in [0.5, 0.6) is 0 Å². The molecule has 0 spiro atoms. The fourth-order valence-corrected chi connectivity index (χ4v) is 4.43. The van der Waals surface area contributed by atoms with Crippen LogP contribution >= 0.6 is 0 Å². The number of nitrogens with one attached hydrogen (secondary N) is 1. The zero-order valence-electron chi connectivity index (χ0n) is 13.7. The molecule has 2 fully saturated rings. The summed E-state index contributed by atoms with van der Waals surface area (Å²) >= 11 is 0. The van der Waals surface area contributed by atoms with Crippen LogP contribution < -0.4 is 5.32 Å². The first-order valence-corrected chi connectivity index (χ1v) is 9.05. The minimum atomic E-state index is 0.701. The van der Waals surface area contributed by atoms with Crippen LogP contribution in [0.1, 0.15) is 70.3 Å².